The molecule has 0 N–H and O–H groups in total. The lowest BCUT2D eigenvalue weighted by atomic mass is 9.98. The molecule has 0 radical (unpaired) electrons. The van der Waals surface area contributed by atoms with E-state index in [1.54, 1.807) is 25.3 Å². The van der Waals surface area contributed by atoms with Gasteiger partial charge in [0.15, 0.2) is 0 Å². The molecule has 10 heteroatoms. The lowest BCUT2D eigenvalue weighted by molar-refractivity contribution is -0.133. The van der Waals surface area contributed by atoms with Gasteiger partial charge in [-0.05, 0) is 65.7 Å². The molecule has 1 saturated heterocycles. The molecule has 0 saturated carbocycles. The number of benzene rings is 3. The molecule has 41 heavy (non-hydrogen) atoms. The summed E-state index contributed by atoms with van der Waals surface area (Å²) in [6, 6.07) is 20.0. The van der Waals surface area contributed by atoms with Crippen molar-refractivity contribution < 1.29 is 23.5 Å². The number of hydrazone groups is 1. The highest BCUT2D eigenvalue weighted by molar-refractivity contribution is 6.30. The van der Waals surface area contributed by atoms with Crippen molar-refractivity contribution in [3.8, 4) is 5.75 Å². The van der Waals surface area contributed by atoms with E-state index < -0.39 is 11.7 Å². The first-order valence-electron chi connectivity index (χ1n) is 13.6. The Morgan fingerprint density at radius 1 is 1.07 bits per heavy atom. The number of halogens is 2. The second kappa shape index (κ2) is 13.2. The Morgan fingerprint density at radius 2 is 1.80 bits per heavy atom. The Balaban J connectivity index is 1.41. The molecule has 0 spiro atoms. The van der Waals surface area contributed by atoms with Crippen LogP contribution in [0.25, 0.3) is 0 Å². The van der Waals surface area contributed by atoms with Crippen LogP contribution in [0.3, 0.4) is 0 Å². The number of carbonyl (C=O) groups is 2. The molecule has 3 aromatic carbocycles. The fraction of sp³-hybridized carbons (Fsp3) is 0.323. The van der Waals surface area contributed by atoms with E-state index in [1.165, 1.54) is 28.1 Å². The quantitative estimate of drug-likeness (QED) is 0.370. The van der Waals surface area contributed by atoms with Crippen LogP contribution >= 0.6 is 11.6 Å². The maximum absolute atomic E-state index is 14.0. The monoisotopic (exact) mass is 578 g/mol. The van der Waals surface area contributed by atoms with Gasteiger partial charge in [-0.15, -0.1) is 0 Å². The number of hydrogen-bond donors (Lipinski definition) is 0. The minimum absolute atomic E-state index is 0.192. The van der Waals surface area contributed by atoms with Gasteiger partial charge in [0.05, 0.1) is 32.1 Å². The molecule has 0 bridgehead atoms. The maximum atomic E-state index is 14.0. The molecule has 0 aliphatic carbocycles. The van der Waals surface area contributed by atoms with Crippen molar-refractivity contribution in [3.63, 3.8) is 0 Å². The molecule has 5 rings (SSSR count). The zero-order valence-corrected chi connectivity index (χ0v) is 23.6. The number of nitrogens with zero attached hydrogens (tertiary/aromatic N) is 4. The molecule has 1 unspecified atom stereocenters. The van der Waals surface area contributed by atoms with Crippen LogP contribution < -0.4 is 4.74 Å². The molecule has 2 aliphatic heterocycles. The van der Waals surface area contributed by atoms with Crippen molar-refractivity contribution in [2.75, 3.05) is 53.0 Å². The third-order valence-electron chi connectivity index (χ3n) is 7.32. The molecule has 3 aromatic rings. The number of hydrogen-bond acceptors (Lipinski definition) is 6. The second-order valence-electron chi connectivity index (χ2n) is 9.98. The molecular weight excluding hydrogens is 547 g/mol. The summed E-state index contributed by atoms with van der Waals surface area (Å²) in [5.74, 6) is -0.527. The van der Waals surface area contributed by atoms with Crippen LogP contribution in [0.5, 0.6) is 5.75 Å². The summed E-state index contributed by atoms with van der Waals surface area (Å²) in [5.41, 5.74) is 2.70. The van der Waals surface area contributed by atoms with Gasteiger partial charge in [-0.25, -0.2) is 9.40 Å². The summed E-state index contributed by atoms with van der Waals surface area (Å²) in [5, 5.41) is 6.80. The number of amides is 2. The van der Waals surface area contributed by atoms with Crippen LogP contribution in [0.15, 0.2) is 77.9 Å². The highest BCUT2D eigenvalue weighted by atomic mass is 35.5. The highest BCUT2D eigenvalue weighted by Crippen LogP contribution is 2.34. The van der Waals surface area contributed by atoms with Gasteiger partial charge in [-0.3, -0.25) is 14.5 Å². The SMILES string of the molecule is COc1ccc(C2=NN(C(=O)CN(CCN3CCOCC3)C(=O)c3cccc(F)c3)C(c3ccc(Cl)cc3)C2)cc1. The van der Waals surface area contributed by atoms with Crippen LogP contribution in [-0.2, 0) is 9.53 Å². The Labute approximate surface area is 243 Å². The third-order valence-corrected chi connectivity index (χ3v) is 7.57. The van der Waals surface area contributed by atoms with Crippen molar-refractivity contribution in [3.05, 3.63) is 100 Å². The predicted octanol–water partition coefficient (Wildman–Crippen LogP) is 4.64. The van der Waals surface area contributed by atoms with Gasteiger partial charge in [0.1, 0.15) is 18.1 Å². The zero-order chi connectivity index (χ0) is 28.8. The van der Waals surface area contributed by atoms with E-state index >= 15 is 0 Å². The number of rotatable bonds is 9. The van der Waals surface area contributed by atoms with E-state index in [0.29, 0.717) is 37.7 Å². The van der Waals surface area contributed by atoms with E-state index in [1.807, 2.05) is 36.4 Å². The van der Waals surface area contributed by atoms with Crippen LogP contribution in [0.4, 0.5) is 4.39 Å². The summed E-state index contributed by atoms with van der Waals surface area (Å²) in [6.07, 6.45) is 0.491. The first kappa shape index (κ1) is 28.7. The second-order valence-corrected chi connectivity index (χ2v) is 10.4. The molecular formula is C31H32ClFN4O4. The highest BCUT2D eigenvalue weighted by Gasteiger charge is 2.34. The maximum Gasteiger partial charge on any atom is 0.262 e. The lowest BCUT2D eigenvalue weighted by Crippen LogP contribution is -2.46. The largest absolute Gasteiger partial charge is 0.497 e. The van der Waals surface area contributed by atoms with Crippen LogP contribution in [-0.4, -0.2) is 85.4 Å². The topological polar surface area (TPSA) is 74.7 Å². The van der Waals surface area contributed by atoms with Gasteiger partial charge >= 0.3 is 0 Å². The average molecular weight is 579 g/mol. The van der Waals surface area contributed by atoms with E-state index in [9.17, 15) is 14.0 Å². The predicted molar refractivity (Wildman–Crippen MR) is 155 cm³/mol. The van der Waals surface area contributed by atoms with Crippen molar-refractivity contribution >= 4 is 29.1 Å². The normalized spacial score (nSPS) is 17.3. The van der Waals surface area contributed by atoms with Gasteiger partial charge in [-0.2, -0.15) is 5.10 Å². The van der Waals surface area contributed by atoms with Crippen molar-refractivity contribution in [1.82, 2.24) is 14.8 Å². The number of methoxy groups -OCH3 is 1. The minimum atomic E-state index is -0.508. The van der Waals surface area contributed by atoms with Crippen LogP contribution in [0.1, 0.15) is 33.9 Å². The molecule has 2 aliphatic rings. The summed E-state index contributed by atoms with van der Waals surface area (Å²) < 4.78 is 24.7. The molecule has 1 atom stereocenters. The average Bonchev–Trinajstić information content (AvgIpc) is 3.45. The first-order chi connectivity index (χ1) is 19.9. The number of ether oxygens (including phenoxy) is 2. The van der Waals surface area contributed by atoms with Crippen molar-refractivity contribution in [1.29, 1.82) is 0 Å². The van der Waals surface area contributed by atoms with Crippen molar-refractivity contribution in [2.45, 2.75) is 12.5 Å². The van der Waals surface area contributed by atoms with Crippen LogP contribution in [0, 0.1) is 5.82 Å². The van der Waals surface area contributed by atoms with E-state index in [0.717, 1.165) is 35.7 Å². The molecule has 8 nitrogen and oxygen atoms in total. The number of carbonyl (C=O) groups excluding carboxylic acids is 2. The van der Waals surface area contributed by atoms with E-state index in [-0.39, 0.29) is 24.1 Å². The Kier molecular flexibility index (Phi) is 9.28. The standard InChI is InChI=1S/C31H32ClFN4O4/c1-40-27-11-7-22(8-12-27)28-20-29(23-5-9-25(32)10-6-23)37(34-28)30(38)21-36(14-13-35-15-17-41-18-16-35)31(39)24-3-2-4-26(33)19-24/h2-12,19,29H,13-18,20-21H2,1H3. The van der Waals surface area contributed by atoms with Gasteiger partial charge in [0, 0.05) is 43.2 Å². The fourth-order valence-corrected chi connectivity index (χ4v) is 5.15. The Bertz CT molecular complexity index is 1390. The third kappa shape index (κ3) is 7.11. The summed E-state index contributed by atoms with van der Waals surface area (Å²) in [7, 11) is 1.61. The van der Waals surface area contributed by atoms with E-state index in [2.05, 4.69) is 4.90 Å². The first-order valence-corrected chi connectivity index (χ1v) is 13.9. The van der Waals surface area contributed by atoms with Crippen LogP contribution in [0.2, 0.25) is 5.02 Å². The van der Waals surface area contributed by atoms with E-state index in [4.69, 9.17) is 26.2 Å². The van der Waals surface area contributed by atoms with Gasteiger partial charge < -0.3 is 14.4 Å². The Hall–Kier alpha value is -3.79. The lowest BCUT2D eigenvalue weighted by Gasteiger charge is -2.31. The fourth-order valence-electron chi connectivity index (χ4n) is 5.02. The summed E-state index contributed by atoms with van der Waals surface area (Å²) in [4.78, 5) is 31.1. The van der Waals surface area contributed by atoms with Gasteiger partial charge in [0.2, 0.25) is 0 Å². The van der Waals surface area contributed by atoms with Gasteiger partial charge in [-0.1, -0.05) is 29.8 Å². The molecule has 2 amide bonds. The summed E-state index contributed by atoms with van der Waals surface area (Å²) in [6.45, 7) is 3.40. The molecule has 0 aromatic heterocycles. The molecule has 2 heterocycles. The minimum Gasteiger partial charge on any atom is -0.497 e. The summed E-state index contributed by atoms with van der Waals surface area (Å²) >= 11 is 6.14. The van der Waals surface area contributed by atoms with Gasteiger partial charge in [0.25, 0.3) is 11.8 Å². The molecule has 1 fully saturated rings. The Morgan fingerprint density at radius 3 is 2.49 bits per heavy atom. The molecule has 214 valence electrons. The zero-order valence-electron chi connectivity index (χ0n) is 22.8. The van der Waals surface area contributed by atoms with Crippen molar-refractivity contribution in [2.24, 2.45) is 5.10 Å². The smallest absolute Gasteiger partial charge is 0.262 e. The number of morpholine rings is 1.